The van der Waals surface area contributed by atoms with E-state index in [1.165, 1.54) is 43.5 Å². The minimum Gasteiger partial charge on any atom is -0.495 e. The van der Waals surface area contributed by atoms with E-state index >= 15 is 0 Å². The van der Waals surface area contributed by atoms with Gasteiger partial charge in [0, 0.05) is 13.1 Å². The third kappa shape index (κ3) is 3.46. The SMILES string of the molecule is COc1cc(C(=O)O)ccc1Nc1ncc2c(n1)N(C1CC1)CC(F)(F)C(=O)N2C. The van der Waals surface area contributed by atoms with Crippen LogP contribution in [0.15, 0.2) is 24.4 Å². The molecule has 158 valence electrons. The Kier molecular flexibility index (Phi) is 4.67. The Morgan fingerprint density at radius 1 is 1.37 bits per heavy atom. The fourth-order valence-electron chi connectivity index (χ4n) is 3.32. The highest BCUT2D eigenvalue weighted by molar-refractivity contribution is 6.02. The van der Waals surface area contributed by atoms with Gasteiger partial charge in [-0.25, -0.2) is 9.78 Å². The number of hydrogen-bond acceptors (Lipinski definition) is 7. The first-order valence-corrected chi connectivity index (χ1v) is 9.19. The number of methoxy groups -OCH3 is 1. The van der Waals surface area contributed by atoms with Crippen LogP contribution in [0.4, 0.5) is 31.9 Å². The average Bonchev–Trinajstić information content (AvgIpc) is 3.56. The molecule has 30 heavy (non-hydrogen) atoms. The normalized spacial score (nSPS) is 17.9. The molecule has 0 unspecified atom stereocenters. The molecule has 0 spiro atoms. The Bertz CT molecular complexity index is 1030. The molecule has 0 atom stereocenters. The van der Waals surface area contributed by atoms with Crippen molar-refractivity contribution >= 4 is 35.0 Å². The molecular weight excluding hydrogens is 400 g/mol. The van der Waals surface area contributed by atoms with Crippen molar-refractivity contribution in [2.45, 2.75) is 24.8 Å². The van der Waals surface area contributed by atoms with Crippen LogP contribution in [0.2, 0.25) is 0 Å². The number of benzene rings is 1. The first-order valence-electron chi connectivity index (χ1n) is 9.19. The van der Waals surface area contributed by atoms with Crippen molar-refractivity contribution in [2.24, 2.45) is 0 Å². The van der Waals surface area contributed by atoms with Crippen molar-refractivity contribution in [1.82, 2.24) is 9.97 Å². The number of alkyl halides is 2. The average molecular weight is 419 g/mol. The van der Waals surface area contributed by atoms with E-state index in [1.54, 1.807) is 0 Å². The van der Waals surface area contributed by atoms with E-state index in [2.05, 4.69) is 15.3 Å². The van der Waals surface area contributed by atoms with Crippen LogP contribution in [0.3, 0.4) is 0 Å². The predicted molar refractivity (Wildman–Crippen MR) is 104 cm³/mol. The summed E-state index contributed by atoms with van der Waals surface area (Å²) in [7, 11) is 2.66. The van der Waals surface area contributed by atoms with Gasteiger partial charge in [0.25, 0.3) is 5.91 Å². The number of aromatic carboxylic acids is 1. The summed E-state index contributed by atoms with van der Waals surface area (Å²) in [5.74, 6) is -5.35. The summed E-state index contributed by atoms with van der Waals surface area (Å²) in [6, 6.07) is 4.12. The van der Waals surface area contributed by atoms with Crippen LogP contribution in [0.5, 0.6) is 5.75 Å². The summed E-state index contributed by atoms with van der Waals surface area (Å²) < 4.78 is 34.0. The molecule has 4 rings (SSSR count). The summed E-state index contributed by atoms with van der Waals surface area (Å²) in [4.78, 5) is 34.2. The lowest BCUT2D eigenvalue weighted by Gasteiger charge is -2.25. The fourth-order valence-corrected chi connectivity index (χ4v) is 3.32. The van der Waals surface area contributed by atoms with Crippen molar-refractivity contribution in [1.29, 1.82) is 0 Å². The predicted octanol–water partition coefficient (Wildman–Crippen LogP) is 2.51. The van der Waals surface area contributed by atoms with Crippen LogP contribution in [0.1, 0.15) is 23.2 Å². The van der Waals surface area contributed by atoms with Crippen molar-refractivity contribution in [3.63, 3.8) is 0 Å². The zero-order valence-corrected chi connectivity index (χ0v) is 16.2. The highest BCUT2D eigenvalue weighted by Crippen LogP contribution is 2.41. The number of nitrogens with zero attached hydrogens (tertiary/aromatic N) is 4. The van der Waals surface area contributed by atoms with Gasteiger partial charge < -0.3 is 25.0 Å². The summed E-state index contributed by atoms with van der Waals surface area (Å²) in [6.07, 6.45) is 2.80. The number of rotatable bonds is 5. The third-order valence-electron chi connectivity index (χ3n) is 5.05. The Morgan fingerprint density at radius 2 is 2.10 bits per heavy atom. The molecular formula is C19H19F2N5O4. The van der Waals surface area contributed by atoms with Crippen molar-refractivity contribution in [2.75, 3.05) is 35.8 Å². The van der Waals surface area contributed by atoms with Gasteiger partial charge in [-0.2, -0.15) is 13.8 Å². The minimum atomic E-state index is -3.54. The maximum absolute atomic E-state index is 14.4. The number of nitrogens with one attached hydrogen (secondary N) is 1. The summed E-state index contributed by atoms with van der Waals surface area (Å²) >= 11 is 0. The Labute approximate surface area is 170 Å². The van der Waals surface area contributed by atoms with Crippen molar-refractivity contribution in [3.05, 3.63) is 30.0 Å². The van der Waals surface area contributed by atoms with E-state index in [9.17, 15) is 18.4 Å². The van der Waals surface area contributed by atoms with E-state index in [0.717, 1.165) is 17.7 Å². The molecule has 2 heterocycles. The van der Waals surface area contributed by atoms with Gasteiger partial charge in [0.05, 0.1) is 31.1 Å². The zero-order valence-electron chi connectivity index (χ0n) is 16.2. The second-order valence-electron chi connectivity index (χ2n) is 7.18. The molecule has 0 bridgehead atoms. The first-order chi connectivity index (χ1) is 14.2. The molecule has 0 radical (unpaired) electrons. The van der Waals surface area contributed by atoms with Gasteiger partial charge in [-0.1, -0.05) is 0 Å². The molecule has 9 nitrogen and oxygen atoms in total. The smallest absolute Gasteiger partial charge is 0.342 e. The van der Waals surface area contributed by atoms with Crippen LogP contribution in [-0.2, 0) is 4.79 Å². The minimum absolute atomic E-state index is 0.0440. The standard InChI is InChI=1S/C19H19F2N5O4/c1-25-13-8-22-18(23-12-6-3-10(16(27)28)7-14(12)30-2)24-15(13)26(11-4-5-11)9-19(20,21)17(25)29/h3,6-8,11H,4-5,9H2,1-2H3,(H,27,28)(H,22,23,24). The second kappa shape index (κ2) is 7.08. The van der Waals surface area contributed by atoms with Gasteiger partial charge in [-0.3, -0.25) is 4.79 Å². The molecule has 1 aromatic carbocycles. The molecule has 1 aliphatic heterocycles. The second-order valence-corrected chi connectivity index (χ2v) is 7.18. The van der Waals surface area contributed by atoms with Crippen LogP contribution in [0.25, 0.3) is 0 Å². The number of fused-ring (bicyclic) bond motifs is 1. The topological polar surface area (TPSA) is 108 Å². The Balaban J connectivity index is 1.72. The van der Waals surface area contributed by atoms with E-state index in [1.807, 2.05) is 0 Å². The number of halogens is 2. The number of carboxylic acid groups (broad SMARTS) is 1. The molecule has 1 amide bonds. The molecule has 1 fully saturated rings. The van der Waals surface area contributed by atoms with Gasteiger partial charge in [0.15, 0.2) is 5.82 Å². The van der Waals surface area contributed by atoms with Crippen molar-refractivity contribution in [3.8, 4) is 5.75 Å². The van der Waals surface area contributed by atoms with Gasteiger partial charge in [-0.05, 0) is 31.0 Å². The number of ether oxygens (including phenoxy) is 1. The molecule has 2 aromatic rings. The number of amides is 1. The Morgan fingerprint density at radius 3 is 2.73 bits per heavy atom. The van der Waals surface area contributed by atoms with Gasteiger partial charge in [0.2, 0.25) is 5.95 Å². The summed E-state index contributed by atoms with van der Waals surface area (Å²) in [6.45, 7) is -0.749. The molecule has 2 N–H and O–H groups in total. The van der Waals surface area contributed by atoms with E-state index in [-0.39, 0.29) is 34.8 Å². The molecule has 11 heteroatoms. The maximum Gasteiger partial charge on any atom is 0.342 e. The monoisotopic (exact) mass is 419 g/mol. The summed E-state index contributed by atoms with van der Waals surface area (Å²) in [5.41, 5.74) is 0.647. The van der Waals surface area contributed by atoms with Crippen LogP contribution < -0.4 is 19.9 Å². The fraction of sp³-hybridized carbons (Fsp3) is 0.368. The number of aromatic nitrogens is 2. The van der Waals surface area contributed by atoms with Gasteiger partial charge in [-0.15, -0.1) is 0 Å². The lowest BCUT2D eigenvalue weighted by atomic mass is 10.2. The molecule has 2 aliphatic rings. The van der Waals surface area contributed by atoms with E-state index < -0.39 is 24.3 Å². The first kappa shape index (κ1) is 19.8. The third-order valence-corrected chi connectivity index (χ3v) is 5.05. The zero-order chi connectivity index (χ0) is 21.6. The number of anilines is 4. The Hall–Kier alpha value is -3.50. The molecule has 1 saturated carbocycles. The largest absolute Gasteiger partial charge is 0.495 e. The highest BCUT2D eigenvalue weighted by atomic mass is 19.3. The lowest BCUT2D eigenvalue weighted by Crippen LogP contribution is -2.46. The molecule has 1 aliphatic carbocycles. The van der Waals surface area contributed by atoms with E-state index in [0.29, 0.717) is 5.69 Å². The van der Waals surface area contributed by atoms with Crippen LogP contribution in [0, 0.1) is 0 Å². The van der Waals surface area contributed by atoms with Gasteiger partial charge in [0.1, 0.15) is 11.4 Å². The van der Waals surface area contributed by atoms with Crippen LogP contribution >= 0.6 is 0 Å². The number of carbonyl (C=O) groups excluding carboxylic acids is 1. The quantitative estimate of drug-likeness (QED) is 0.761. The number of carbonyl (C=O) groups is 2. The lowest BCUT2D eigenvalue weighted by molar-refractivity contribution is -0.140. The molecule has 1 aromatic heterocycles. The maximum atomic E-state index is 14.4. The van der Waals surface area contributed by atoms with Crippen LogP contribution in [-0.4, -0.2) is 59.6 Å². The molecule has 0 saturated heterocycles. The van der Waals surface area contributed by atoms with Gasteiger partial charge >= 0.3 is 11.9 Å². The van der Waals surface area contributed by atoms with Crippen molar-refractivity contribution < 1.29 is 28.2 Å². The highest BCUT2D eigenvalue weighted by Gasteiger charge is 2.50. The number of carboxylic acids is 1. The number of hydrogen-bond donors (Lipinski definition) is 2. The van der Waals surface area contributed by atoms with E-state index in [4.69, 9.17) is 9.84 Å². The summed E-state index contributed by atoms with van der Waals surface area (Å²) in [5, 5.41) is 12.0.